The van der Waals surface area contributed by atoms with Crippen LogP contribution in [0.4, 0.5) is 0 Å². The van der Waals surface area contributed by atoms with Crippen molar-refractivity contribution in [2.24, 2.45) is 0 Å². The molecule has 0 nitrogen and oxygen atoms in total. The molecule has 0 fully saturated rings. The van der Waals surface area contributed by atoms with Crippen LogP contribution in [0.15, 0.2) is 0 Å². The molecule has 0 radical (unpaired) electrons. The lowest BCUT2D eigenvalue weighted by molar-refractivity contribution is 1.44. The molecule has 0 amide bonds. The summed E-state index contributed by atoms with van der Waals surface area (Å²) in [6.07, 6.45) is 0. The normalized spacial score (nSPS) is 15.2. The summed E-state index contributed by atoms with van der Waals surface area (Å²) in [7, 11) is 2.46. The van der Waals surface area contributed by atoms with E-state index in [0.717, 1.165) is 21.0 Å². The Morgan fingerprint density at radius 1 is 0.762 bits per heavy atom. The van der Waals surface area contributed by atoms with E-state index in [1.807, 2.05) is 33.3 Å². The molecule has 0 spiro atoms. The summed E-state index contributed by atoms with van der Waals surface area (Å²) < 4.78 is 0.0746. The van der Waals surface area contributed by atoms with Crippen molar-refractivity contribution < 1.29 is 0 Å². The van der Waals surface area contributed by atoms with E-state index in [9.17, 15) is 0 Å². The summed E-state index contributed by atoms with van der Waals surface area (Å²) in [5.74, 6) is 0.782. The highest BCUT2D eigenvalue weighted by Crippen LogP contribution is 2.87. The monoisotopic (exact) mass is 532 g/mol. The Hall–Kier alpha value is 4.55. The highest BCUT2D eigenvalue weighted by Gasteiger charge is 2.51. The first-order valence-corrected chi connectivity index (χ1v) is 17.4. The second kappa shape index (κ2) is 14.6. The van der Waals surface area contributed by atoms with Gasteiger partial charge in [-0.25, -0.2) is 0 Å². The van der Waals surface area contributed by atoms with Gasteiger partial charge in [0, 0.05) is 31.2 Å². The highest BCUT2D eigenvalue weighted by molar-refractivity contribution is 9.29. The van der Waals surface area contributed by atoms with Crippen LogP contribution in [0.25, 0.3) is 0 Å². The predicted molar refractivity (Wildman–Crippen MR) is 144 cm³/mol. The van der Waals surface area contributed by atoms with Crippen molar-refractivity contribution in [3.05, 3.63) is 0 Å². The molecule has 1 atom stereocenters. The first-order chi connectivity index (χ1) is 10.0. The van der Waals surface area contributed by atoms with Crippen LogP contribution in [-0.4, -0.2) is 38.5 Å². The van der Waals surface area contributed by atoms with Crippen LogP contribution < -0.4 is 0 Å². The van der Waals surface area contributed by atoms with Gasteiger partial charge in [-0.3, -0.25) is 0 Å². The molecule has 0 bridgehead atoms. The van der Waals surface area contributed by atoms with E-state index >= 15 is 0 Å². The summed E-state index contributed by atoms with van der Waals surface area (Å²) in [6.45, 7) is 0. The second-order valence-electron chi connectivity index (χ2n) is 3.02. The Morgan fingerprint density at radius 3 is 1.52 bits per heavy atom. The Morgan fingerprint density at radius 2 is 1.24 bits per heavy atom. The van der Waals surface area contributed by atoms with Crippen molar-refractivity contribution in [1.82, 2.24) is 0 Å². The van der Waals surface area contributed by atoms with Crippen molar-refractivity contribution in [2.45, 2.75) is 7.33 Å². The third-order valence-electron chi connectivity index (χ3n) is 2.06. The van der Waals surface area contributed by atoms with Crippen molar-refractivity contribution in [1.29, 1.82) is 0 Å². The summed E-state index contributed by atoms with van der Waals surface area (Å²) in [5, 5.41) is 3.68. The molecular formula is C8H20S13. The average molecular weight is 533 g/mol. The number of thiol groups is 7. The number of thioether (sulfide) groups is 3. The van der Waals surface area contributed by atoms with Crippen LogP contribution >= 0.6 is 153 Å². The molecule has 1 unspecified atom stereocenters. The molecule has 0 saturated heterocycles. The summed E-state index contributed by atoms with van der Waals surface area (Å²) in [5.41, 5.74) is 0. The smallest absolute Gasteiger partial charge is 0.154 e. The third kappa shape index (κ3) is 7.59. The first kappa shape index (κ1) is 25.6. The van der Waals surface area contributed by atoms with Crippen molar-refractivity contribution in [2.75, 3.05) is 31.2 Å². The lowest BCUT2D eigenvalue weighted by atomic mass is 10.9. The van der Waals surface area contributed by atoms with Gasteiger partial charge < -0.3 is 0 Å². The summed E-state index contributed by atoms with van der Waals surface area (Å²) in [4.78, 5) is 0. The number of hydrogen-bond donors (Lipinski definition) is 7. The minimum absolute atomic E-state index is 0.277. The lowest BCUT2D eigenvalue weighted by Crippen LogP contribution is -2.28. The molecule has 13 heteroatoms. The third-order valence-corrected chi connectivity index (χ3v) is 26.2. The van der Waals surface area contributed by atoms with E-state index in [4.69, 9.17) is 12.6 Å². The predicted octanol–water partition coefficient (Wildman–Crippen LogP) is 6.52. The van der Waals surface area contributed by atoms with Crippen molar-refractivity contribution in [3.63, 3.8) is 0 Å². The molecule has 0 rings (SSSR count). The largest absolute Gasteiger partial charge is 0.177 e. The molecule has 0 saturated carbocycles. The number of hydrogen-bond acceptors (Lipinski definition) is 12. The second-order valence-corrected chi connectivity index (χ2v) is 21.8. The van der Waals surface area contributed by atoms with Crippen LogP contribution in [0.2, 0.25) is 0 Å². The summed E-state index contributed by atoms with van der Waals surface area (Å²) in [6, 6.07) is 0. The lowest BCUT2D eigenvalue weighted by Gasteiger charge is -2.53. The van der Waals surface area contributed by atoms with Gasteiger partial charge in [0.25, 0.3) is 0 Å². The quantitative estimate of drug-likeness (QED) is 0.0817. The Bertz CT molecular complexity index is 249. The Kier molecular flexibility index (Phi) is 17.7. The topological polar surface area (TPSA) is 0 Å². The molecular weight excluding hydrogens is 513 g/mol. The minimum atomic E-state index is -1.30. The van der Waals surface area contributed by atoms with Gasteiger partial charge >= 0.3 is 0 Å². The van der Waals surface area contributed by atoms with Gasteiger partial charge in [0.1, 0.15) is 0 Å². The van der Waals surface area contributed by atoms with Gasteiger partial charge in [-0.1, -0.05) is 29.7 Å². The first-order valence-electron chi connectivity index (χ1n) is 5.39. The van der Waals surface area contributed by atoms with Crippen LogP contribution in [0, 0.1) is 0 Å². The van der Waals surface area contributed by atoms with Gasteiger partial charge in [-0.2, -0.15) is 75.8 Å². The van der Waals surface area contributed by atoms with Gasteiger partial charge in [-0.15, -0.1) is 47.9 Å². The molecule has 0 aliphatic rings. The van der Waals surface area contributed by atoms with E-state index < -0.39 is 8.09 Å². The standard InChI is InChI=1S/C8H20S13/c9-1-7(16-2-10)21(19-5-13,20-6-14)8(15,17-3-11)18-4-12/h7,9-15H,1-6H2. The van der Waals surface area contributed by atoms with Gasteiger partial charge in [0.2, 0.25) is 0 Å². The molecule has 0 aromatic rings. The zero-order valence-electron chi connectivity index (χ0n) is 10.9. The van der Waals surface area contributed by atoms with Crippen LogP contribution in [-0.2, 0) is 0 Å². The maximum absolute atomic E-state index is 5.10. The SMILES string of the molecule is SCSC(CS)S(SCS)(SCS)C(S)(SCS)SCS. The van der Waals surface area contributed by atoms with E-state index in [0.29, 0.717) is 14.8 Å². The molecule has 0 aromatic carbocycles. The Labute approximate surface area is 189 Å². The van der Waals surface area contributed by atoms with Gasteiger partial charge in [-0.05, 0) is 0 Å². The fraction of sp³-hybridized carbons (Fsp3) is 1.00. The molecule has 130 valence electrons. The minimum Gasteiger partial charge on any atom is -0.177 e. The maximum Gasteiger partial charge on any atom is 0.154 e. The van der Waals surface area contributed by atoms with Crippen LogP contribution in [0.5, 0.6) is 0 Å². The highest BCUT2D eigenvalue weighted by atomic mass is 33.6. The molecule has 0 heterocycles. The maximum atomic E-state index is 5.10. The molecule has 0 N–H and O–H groups in total. The molecule has 0 aliphatic heterocycles. The molecule has 0 aliphatic carbocycles. The summed E-state index contributed by atoms with van der Waals surface area (Å²) >= 11 is 37.2. The molecule has 21 heavy (non-hydrogen) atoms. The van der Waals surface area contributed by atoms with Crippen LogP contribution in [0.3, 0.4) is 0 Å². The van der Waals surface area contributed by atoms with E-state index in [-0.39, 0.29) is 2.74 Å². The van der Waals surface area contributed by atoms with Gasteiger partial charge in [0.15, 0.2) is 2.74 Å². The zero-order valence-corrected chi connectivity index (χ0v) is 22.1. The van der Waals surface area contributed by atoms with Crippen molar-refractivity contribution in [3.8, 4) is 0 Å². The number of rotatable bonds is 13. The average Bonchev–Trinajstić information content (AvgIpc) is 2.45. The van der Waals surface area contributed by atoms with Crippen LogP contribution in [0.1, 0.15) is 0 Å². The fourth-order valence-electron chi connectivity index (χ4n) is 1.35. The van der Waals surface area contributed by atoms with Crippen molar-refractivity contribution >= 4 is 153 Å². The Balaban J connectivity index is 5.78. The molecule has 0 aromatic heterocycles. The van der Waals surface area contributed by atoms with E-state index in [1.165, 1.54) is 0 Å². The zero-order chi connectivity index (χ0) is 16.4. The van der Waals surface area contributed by atoms with E-state index in [1.54, 1.807) is 23.5 Å². The fourth-order valence-corrected chi connectivity index (χ4v) is 30.0. The van der Waals surface area contributed by atoms with Gasteiger partial charge in [0.05, 0.1) is 4.58 Å². The van der Waals surface area contributed by atoms with E-state index in [2.05, 4.69) is 75.8 Å².